The standard InChI is InChI=1S/C15H11F3N4O2S/c16-15(17,18)8-24-13-4-3-9(7-19-13)20-14(23)11-6-10(21-22-11)12-2-1-5-25-12/h1-7H,8H2,(H,20,23)(H,21,22). The van der Waals surface area contributed by atoms with Crippen LogP contribution in [0.15, 0.2) is 41.9 Å². The van der Waals surface area contributed by atoms with Crippen LogP contribution in [0, 0.1) is 0 Å². The van der Waals surface area contributed by atoms with Crippen LogP contribution in [-0.4, -0.2) is 33.9 Å². The van der Waals surface area contributed by atoms with Crippen LogP contribution >= 0.6 is 11.3 Å². The molecule has 0 spiro atoms. The van der Waals surface area contributed by atoms with Gasteiger partial charge in [0.25, 0.3) is 5.91 Å². The van der Waals surface area contributed by atoms with E-state index in [1.165, 1.54) is 29.7 Å². The van der Waals surface area contributed by atoms with Gasteiger partial charge in [0.15, 0.2) is 12.3 Å². The van der Waals surface area contributed by atoms with Crippen molar-refractivity contribution in [2.24, 2.45) is 0 Å². The molecule has 3 heterocycles. The van der Waals surface area contributed by atoms with Gasteiger partial charge in [-0.1, -0.05) is 6.07 Å². The van der Waals surface area contributed by atoms with Gasteiger partial charge in [0.2, 0.25) is 5.88 Å². The fourth-order valence-electron chi connectivity index (χ4n) is 1.89. The first-order valence-corrected chi connectivity index (χ1v) is 7.85. The number of pyridine rings is 1. The zero-order valence-corrected chi connectivity index (χ0v) is 13.3. The molecule has 0 aliphatic heterocycles. The lowest BCUT2D eigenvalue weighted by Crippen LogP contribution is -2.19. The van der Waals surface area contributed by atoms with Gasteiger partial charge >= 0.3 is 6.18 Å². The van der Waals surface area contributed by atoms with Gasteiger partial charge in [0, 0.05) is 6.07 Å². The monoisotopic (exact) mass is 368 g/mol. The van der Waals surface area contributed by atoms with Crippen molar-refractivity contribution in [2.75, 3.05) is 11.9 Å². The zero-order valence-electron chi connectivity index (χ0n) is 12.5. The van der Waals surface area contributed by atoms with E-state index in [2.05, 4.69) is 25.2 Å². The van der Waals surface area contributed by atoms with Crippen LogP contribution in [0.3, 0.4) is 0 Å². The van der Waals surface area contributed by atoms with Crippen molar-refractivity contribution in [3.05, 3.63) is 47.6 Å². The number of aromatic amines is 1. The molecule has 0 fully saturated rings. The normalized spacial score (nSPS) is 11.3. The predicted molar refractivity (Wildman–Crippen MR) is 85.6 cm³/mol. The number of nitrogens with one attached hydrogen (secondary N) is 2. The van der Waals surface area contributed by atoms with Gasteiger partial charge in [-0.15, -0.1) is 11.3 Å². The van der Waals surface area contributed by atoms with Gasteiger partial charge in [-0.2, -0.15) is 18.3 Å². The molecule has 0 atom stereocenters. The number of carbonyl (C=O) groups is 1. The van der Waals surface area contributed by atoms with Crippen LogP contribution in [0.25, 0.3) is 10.6 Å². The summed E-state index contributed by atoms with van der Waals surface area (Å²) in [6.45, 7) is -1.43. The molecular formula is C15H11F3N4O2S. The first kappa shape index (κ1) is 17.0. The molecule has 2 N–H and O–H groups in total. The summed E-state index contributed by atoms with van der Waals surface area (Å²) in [4.78, 5) is 16.8. The van der Waals surface area contributed by atoms with Crippen LogP contribution < -0.4 is 10.1 Å². The van der Waals surface area contributed by atoms with Crippen molar-refractivity contribution < 1.29 is 22.7 Å². The Morgan fingerprint density at radius 2 is 2.16 bits per heavy atom. The summed E-state index contributed by atoms with van der Waals surface area (Å²) in [6, 6.07) is 8.01. The van der Waals surface area contributed by atoms with Crippen LogP contribution in [0.2, 0.25) is 0 Å². The van der Waals surface area contributed by atoms with E-state index in [9.17, 15) is 18.0 Å². The first-order valence-electron chi connectivity index (χ1n) is 6.97. The number of hydrogen-bond donors (Lipinski definition) is 2. The van der Waals surface area contributed by atoms with Gasteiger partial charge in [-0.25, -0.2) is 4.98 Å². The molecular weight excluding hydrogens is 357 g/mol. The van der Waals surface area contributed by atoms with Gasteiger partial charge in [-0.05, 0) is 23.6 Å². The van der Waals surface area contributed by atoms with Crippen molar-refractivity contribution in [3.8, 4) is 16.5 Å². The average Bonchev–Trinajstić information content (AvgIpc) is 3.24. The number of ether oxygens (including phenoxy) is 1. The Balaban J connectivity index is 1.61. The summed E-state index contributed by atoms with van der Waals surface area (Å²) in [5.74, 6) is -0.653. The molecule has 0 aliphatic carbocycles. The summed E-state index contributed by atoms with van der Waals surface area (Å²) in [5, 5.41) is 11.2. The summed E-state index contributed by atoms with van der Waals surface area (Å²) >= 11 is 1.51. The van der Waals surface area contributed by atoms with E-state index in [1.807, 2.05) is 17.5 Å². The highest BCUT2D eigenvalue weighted by atomic mass is 32.1. The molecule has 0 saturated carbocycles. The van der Waals surface area contributed by atoms with Gasteiger partial charge in [-0.3, -0.25) is 9.89 Å². The Morgan fingerprint density at radius 1 is 1.32 bits per heavy atom. The Kier molecular flexibility index (Phi) is 4.70. The molecule has 3 rings (SSSR count). The number of H-pyrrole nitrogens is 1. The molecule has 0 bridgehead atoms. The maximum Gasteiger partial charge on any atom is 0.422 e. The molecule has 0 aromatic carbocycles. The molecule has 6 nitrogen and oxygen atoms in total. The van der Waals surface area contributed by atoms with E-state index in [-0.39, 0.29) is 11.6 Å². The van der Waals surface area contributed by atoms with E-state index in [4.69, 9.17) is 0 Å². The minimum absolute atomic E-state index is 0.181. The number of hydrogen-bond acceptors (Lipinski definition) is 5. The minimum atomic E-state index is -4.44. The number of amides is 1. The summed E-state index contributed by atoms with van der Waals surface area (Å²) < 4.78 is 40.7. The topological polar surface area (TPSA) is 79.9 Å². The second-order valence-electron chi connectivity index (χ2n) is 4.89. The third kappa shape index (κ3) is 4.57. The number of thiophene rings is 1. The largest absolute Gasteiger partial charge is 0.468 e. The average molecular weight is 368 g/mol. The van der Waals surface area contributed by atoms with E-state index in [1.54, 1.807) is 6.07 Å². The second kappa shape index (κ2) is 6.93. The second-order valence-corrected chi connectivity index (χ2v) is 5.83. The lowest BCUT2D eigenvalue weighted by atomic mass is 10.3. The molecule has 0 aliphatic rings. The summed E-state index contributed by atoms with van der Waals surface area (Å²) in [6.07, 6.45) is -3.23. The molecule has 1 amide bonds. The highest BCUT2D eigenvalue weighted by molar-refractivity contribution is 7.13. The first-order chi connectivity index (χ1) is 11.9. The Labute approximate surface area is 143 Å². The van der Waals surface area contributed by atoms with Crippen molar-refractivity contribution in [1.82, 2.24) is 15.2 Å². The maximum atomic E-state index is 12.1. The number of carbonyl (C=O) groups excluding carboxylic acids is 1. The minimum Gasteiger partial charge on any atom is -0.468 e. The van der Waals surface area contributed by atoms with Crippen molar-refractivity contribution in [1.29, 1.82) is 0 Å². The van der Waals surface area contributed by atoms with Gasteiger partial charge < -0.3 is 10.1 Å². The number of nitrogens with zero attached hydrogens (tertiary/aromatic N) is 2. The van der Waals surface area contributed by atoms with Crippen molar-refractivity contribution in [3.63, 3.8) is 0 Å². The highest BCUT2D eigenvalue weighted by Crippen LogP contribution is 2.23. The lowest BCUT2D eigenvalue weighted by Gasteiger charge is -2.08. The molecule has 0 saturated heterocycles. The summed E-state index contributed by atoms with van der Waals surface area (Å²) in [7, 11) is 0. The third-order valence-corrected chi connectivity index (χ3v) is 3.88. The summed E-state index contributed by atoms with van der Waals surface area (Å²) in [5.41, 5.74) is 1.21. The van der Waals surface area contributed by atoms with Gasteiger partial charge in [0.1, 0.15) is 0 Å². The molecule has 25 heavy (non-hydrogen) atoms. The molecule has 130 valence electrons. The molecule has 10 heteroatoms. The maximum absolute atomic E-state index is 12.1. The highest BCUT2D eigenvalue weighted by Gasteiger charge is 2.28. The van der Waals surface area contributed by atoms with E-state index in [0.29, 0.717) is 11.4 Å². The fraction of sp³-hybridized carbons (Fsp3) is 0.133. The molecule has 3 aromatic rings. The van der Waals surface area contributed by atoms with E-state index in [0.717, 1.165) is 4.88 Å². The Bertz CT molecular complexity index is 845. The smallest absolute Gasteiger partial charge is 0.422 e. The van der Waals surface area contributed by atoms with Crippen LogP contribution in [0.1, 0.15) is 10.5 Å². The number of halogens is 3. The lowest BCUT2D eigenvalue weighted by molar-refractivity contribution is -0.154. The number of rotatable bonds is 5. The zero-order chi connectivity index (χ0) is 17.9. The third-order valence-electron chi connectivity index (χ3n) is 2.98. The van der Waals surface area contributed by atoms with Gasteiger partial charge in [0.05, 0.1) is 22.5 Å². The molecule has 0 unspecified atom stereocenters. The molecule has 3 aromatic heterocycles. The fourth-order valence-corrected chi connectivity index (χ4v) is 2.58. The quantitative estimate of drug-likeness (QED) is 0.719. The predicted octanol–water partition coefficient (Wildman–Crippen LogP) is 3.73. The van der Waals surface area contributed by atoms with Crippen molar-refractivity contribution in [2.45, 2.75) is 6.18 Å². The molecule has 0 radical (unpaired) electrons. The van der Waals surface area contributed by atoms with E-state index >= 15 is 0 Å². The Morgan fingerprint density at radius 3 is 2.80 bits per heavy atom. The SMILES string of the molecule is O=C(Nc1ccc(OCC(F)(F)F)nc1)c1cc(-c2cccs2)[nH]n1. The van der Waals surface area contributed by atoms with Crippen LogP contribution in [0.4, 0.5) is 18.9 Å². The van der Waals surface area contributed by atoms with E-state index < -0.39 is 18.7 Å². The van der Waals surface area contributed by atoms with Crippen LogP contribution in [0.5, 0.6) is 5.88 Å². The number of alkyl halides is 3. The number of aromatic nitrogens is 3. The van der Waals surface area contributed by atoms with Crippen molar-refractivity contribution >= 4 is 22.9 Å². The van der Waals surface area contributed by atoms with Crippen LogP contribution in [-0.2, 0) is 0 Å². The Hall–Kier alpha value is -2.88. The number of anilines is 1.